The topological polar surface area (TPSA) is 88.0 Å². The van der Waals surface area contributed by atoms with Crippen LogP contribution in [0, 0.1) is 6.92 Å². The summed E-state index contributed by atoms with van der Waals surface area (Å²) in [5.41, 5.74) is 6.15. The molecule has 1 aliphatic rings. The van der Waals surface area contributed by atoms with Crippen LogP contribution in [0.5, 0.6) is 5.75 Å². The van der Waals surface area contributed by atoms with E-state index in [9.17, 15) is 15.0 Å². The number of aliphatic hydroxyl groups is 2. The van der Waals surface area contributed by atoms with Crippen molar-refractivity contribution in [3.05, 3.63) is 89.0 Å². The van der Waals surface area contributed by atoms with Gasteiger partial charge in [-0.1, -0.05) is 60.7 Å². The summed E-state index contributed by atoms with van der Waals surface area (Å²) in [5.74, 6) is 0.641. The fourth-order valence-electron chi connectivity index (χ4n) is 4.37. The second-order valence-corrected chi connectivity index (χ2v) is 8.28. The van der Waals surface area contributed by atoms with Gasteiger partial charge in [0.25, 0.3) is 0 Å². The van der Waals surface area contributed by atoms with Crippen LogP contribution in [0.3, 0.4) is 0 Å². The molecule has 0 aromatic heterocycles. The molecule has 4 rings (SSSR count). The highest BCUT2D eigenvalue weighted by Crippen LogP contribution is 2.44. The zero-order valence-corrected chi connectivity index (χ0v) is 18.8. The first-order valence-electron chi connectivity index (χ1n) is 11.1. The van der Waals surface area contributed by atoms with Crippen LogP contribution < -0.4 is 10.1 Å². The second-order valence-electron chi connectivity index (χ2n) is 8.28. The fraction of sp³-hybridized carbons (Fsp3) is 0.296. The van der Waals surface area contributed by atoms with E-state index in [1.165, 1.54) is 11.1 Å². The number of ether oxygens (including phenoxy) is 2. The second kappa shape index (κ2) is 10.1. The molecular formula is C27H29NO5. The van der Waals surface area contributed by atoms with Crippen molar-refractivity contribution < 1.29 is 24.5 Å². The molecule has 3 aromatic rings. The van der Waals surface area contributed by atoms with Crippen LogP contribution in [0.1, 0.15) is 40.7 Å². The highest BCUT2D eigenvalue weighted by molar-refractivity contribution is 5.79. The van der Waals surface area contributed by atoms with Crippen molar-refractivity contribution in [3.63, 3.8) is 0 Å². The van der Waals surface area contributed by atoms with Gasteiger partial charge in [0.05, 0.1) is 13.2 Å². The Bertz CT molecular complexity index is 1080. The zero-order valence-electron chi connectivity index (χ0n) is 18.8. The van der Waals surface area contributed by atoms with Crippen LogP contribution in [0.25, 0.3) is 11.1 Å². The van der Waals surface area contributed by atoms with E-state index in [1.807, 2.05) is 37.3 Å². The van der Waals surface area contributed by atoms with E-state index < -0.39 is 18.3 Å². The fourth-order valence-corrected chi connectivity index (χ4v) is 4.37. The van der Waals surface area contributed by atoms with Gasteiger partial charge in [0.2, 0.25) is 0 Å². The van der Waals surface area contributed by atoms with Crippen molar-refractivity contribution in [2.45, 2.75) is 31.5 Å². The Morgan fingerprint density at radius 1 is 1.00 bits per heavy atom. The molecule has 33 heavy (non-hydrogen) atoms. The Morgan fingerprint density at radius 3 is 2.27 bits per heavy atom. The maximum absolute atomic E-state index is 12.3. The molecule has 0 fully saturated rings. The number of aliphatic hydroxyl groups excluding tert-OH is 2. The van der Waals surface area contributed by atoms with Gasteiger partial charge >= 0.3 is 6.09 Å². The molecule has 172 valence electrons. The summed E-state index contributed by atoms with van der Waals surface area (Å²) in [6, 6.07) is 21.6. The number of carbonyl (C=O) groups is 1. The van der Waals surface area contributed by atoms with E-state index in [0.717, 1.165) is 16.7 Å². The lowest BCUT2D eigenvalue weighted by Gasteiger charge is -2.19. The van der Waals surface area contributed by atoms with E-state index >= 15 is 0 Å². The zero-order chi connectivity index (χ0) is 23.4. The predicted molar refractivity (Wildman–Crippen MR) is 126 cm³/mol. The minimum absolute atomic E-state index is 0.00733. The van der Waals surface area contributed by atoms with E-state index in [1.54, 1.807) is 19.2 Å². The largest absolute Gasteiger partial charge is 0.496 e. The van der Waals surface area contributed by atoms with Gasteiger partial charge in [-0.15, -0.1) is 0 Å². The molecule has 3 N–H and O–H groups in total. The summed E-state index contributed by atoms with van der Waals surface area (Å²) in [6.45, 7) is 2.32. The number of methoxy groups -OCH3 is 1. The van der Waals surface area contributed by atoms with Crippen LogP contribution in [0.2, 0.25) is 0 Å². The molecule has 2 atom stereocenters. The Hall–Kier alpha value is -3.35. The van der Waals surface area contributed by atoms with Crippen molar-refractivity contribution in [1.82, 2.24) is 5.32 Å². The third-order valence-electron chi connectivity index (χ3n) is 6.19. The smallest absolute Gasteiger partial charge is 0.407 e. The number of hydrogen-bond acceptors (Lipinski definition) is 5. The van der Waals surface area contributed by atoms with Gasteiger partial charge in [0, 0.05) is 12.5 Å². The maximum Gasteiger partial charge on any atom is 0.407 e. The first-order chi connectivity index (χ1) is 16.0. The van der Waals surface area contributed by atoms with Crippen molar-refractivity contribution in [2.24, 2.45) is 0 Å². The number of alkyl carbamates (subject to hydrolysis) is 1. The van der Waals surface area contributed by atoms with Gasteiger partial charge in [-0.2, -0.15) is 0 Å². The summed E-state index contributed by atoms with van der Waals surface area (Å²) in [5, 5.41) is 23.5. The molecule has 0 saturated carbocycles. The van der Waals surface area contributed by atoms with Gasteiger partial charge in [0.1, 0.15) is 18.5 Å². The van der Waals surface area contributed by atoms with Crippen LogP contribution in [0.4, 0.5) is 4.79 Å². The van der Waals surface area contributed by atoms with Crippen LogP contribution in [0.15, 0.2) is 66.7 Å². The van der Waals surface area contributed by atoms with Crippen molar-refractivity contribution in [2.75, 3.05) is 20.3 Å². The molecule has 0 aliphatic heterocycles. The van der Waals surface area contributed by atoms with Gasteiger partial charge in [-0.05, 0) is 52.8 Å². The third-order valence-corrected chi connectivity index (χ3v) is 6.19. The first-order valence-corrected chi connectivity index (χ1v) is 11.1. The molecule has 0 spiro atoms. The molecule has 3 aromatic carbocycles. The number of benzene rings is 3. The van der Waals surface area contributed by atoms with Crippen LogP contribution in [-0.4, -0.2) is 42.7 Å². The van der Waals surface area contributed by atoms with Crippen molar-refractivity contribution >= 4 is 6.09 Å². The molecule has 1 amide bonds. The normalized spacial score (nSPS) is 14.2. The van der Waals surface area contributed by atoms with Gasteiger partial charge in [-0.3, -0.25) is 0 Å². The Morgan fingerprint density at radius 2 is 1.64 bits per heavy atom. The van der Waals surface area contributed by atoms with E-state index in [0.29, 0.717) is 11.3 Å². The predicted octanol–water partition coefficient (Wildman–Crippen LogP) is 4.33. The molecule has 6 heteroatoms. The Balaban J connectivity index is 1.28. The quantitative estimate of drug-likeness (QED) is 0.479. The number of amides is 1. The number of rotatable bonds is 8. The summed E-state index contributed by atoms with van der Waals surface area (Å²) >= 11 is 0. The van der Waals surface area contributed by atoms with E-state index in [2.05, 4.69) is 29.6 Å². The average molecular weight is 448 g/mol. The number of carbonyl (C=O) groups excluding carboxylic acids is 1. The van der Waals surface area contributed by atoms with Gasteiger partial charge in [0.15, 0.2) is 0 Å². The van der Waals surface area contributed by atoms with Gasteiger partial charge < -0.3 is 25.0 Å². The standard InChI is InChI=1S/C27H29NO5/c1-17-11-12-18(15-25(17)32-2)26(30)24(29)13-14-28-27(31)33-16-23-21-9-5-3-7-19(21)20-8-4-6-10-22(20)23/h3-12,15,23-24,26,29-30H,13-14,16H2,1-2H3,(H,28,31). The van der Waals surface area contributed by atoms with Crippen LogP contribution in [-0.2, 0) is 4.74 Å². The molecule has 0 radical (unpaired) electrons. The third kappa shape index (κ3) is 4.87. The minimum atomic E-state index is -1.08. The molecule has 0 saturated heterocycles. The lowest BCUT2D eigenvalue weighted by molar-refractivity contribution is 0.0135. The molecule has 6 nitrogen and oxygen atoms in total. The number of aryl methyl sites for hydroxylation is 1. The van der Waals surface area contributed by atoms with E-state index in [4.69, 9.17) is 9.47 Å². The average Bonchev–Trinajstić information content (AvgIpc) is 3.16. The minimum Gasteiger partial charge on any atom is -0.496 e. The summed E-state index contributed by atoms with van der Waals surface area (Å²) in [7, 11) is 1.56. The number of hydrogen-bond donors (Lipinski definition) is 3. The summed E-state index contributed by atoms with van der Waals surface area (Å²) in [4.78, 5) is 12.3. The highest BCUT2D eigenvalue weighted by atomic mass is 16.5. The molecule has 0 bridgehead atoms. The molecule has 0 heterocycles. The summed E-state index contributed by atoms with van der Waals surface area (Å²) < 4.78 is 10.8. The number of nitrogens with one attached hydrogen (secondary N) is 1. The van der Waals surface area contributed by atoms with Crippen molar-refractivity contribution in [1.29, 1.82) is 0 Å². The van der Waals surface area contributed by atoms with Gasteiger partial charge in [-0.25, -0.2) is 4.79 Å². The Labute approximate surface area is 193 Å². The summed E-state index contributed by atoms with van der Waals surface area (Å²) in [6.07, 6.45) is -2.48. The lowest BCUT2D eigenvalue weighted by atomic mass is 9.98. The van der Waals surface area contributed by atoms with Crippen molar-refractivity contribution in [3.8, 4) is 16.9 Å². The maximum atomic E-state index is 12.3. The SMILES string of the molecule is COc1cc(C(O)C(O)CCNC(=O)OCC2c3ccccc3-c3ccccc32)ccc1C. The molecule has 2 unspecified atom stereocenters. The molecular weight excluding hydrogens is 418 g/mol. The first kappa shape index (κ1) is 22.8. The lowest BCUT2D eigenvalue weighted by Crippen LogP contribution is -2.30. The molecule has 1 aliphatic carbocycles. The Kier molecular flexibility index (Phi) is 6.96. The number of fused-ring (bicyclic) bond motifs is 3. The highest BCUT2D eigenvalue weighted by Gasteiger charge is 2.29. The monoisotopic (exact) mass is 447 g/mol. The van der Waals surface area contributed by atoms with E-state index in [-0.39, 0.29) is 25.5 Å². The van der Waals surface area contributed by atoms with Crippen LogP contribution >= 0.6 is 0 Å².